The normalized spacial score (nSPS) is 21.7. The number of hydrogen-bond acceptors (Lipinski definition) is 0. The van der Waals surface area contributed by atoms with Crippen molar-refractivity contribution in [3.8, 4) is 0 Å². The molecule has 0 aliphatic carbocycles. The van der Waals surface area contributed by atoms with E-state index in [1.807, 2.05) is 0 Å². The molecular weight excluding hydrogens is 507 g/mol. The first kappa shape index (κ1) is 21.3. The number of rotatable bonds is 0. The molecule has 0 saturated heterocycles. The zero-order valence-electron chi connectivity index (χ0n) is 5.09. The summed E-state index contributed by atoms with van der Waals surface area (Å²) in [7, 11) is 35.6. The fraction of sp³-hybridized carbons (Fsp3) is 0. The van der Waals surface area contributed by atoms with Gasteiger partial charge in [0, 0.05) is 0 Å². The minimum atomic E-state index is -6.58. The summed E-state index contributed by atoms with van der Waals surface area (Å²) in [5, 5.41) is 0. The molecule has 0 aromatic heterocycles. The van der Waals surface area contributed by atoms with Crippen LogP contribution in [0.25, 0.3) is 0 Å². The van der Waals surface area contributed by atoms with Crippen molar-refractivity contribution in [1.82, 2.24) is 0 Å². The predicted molar refractivity (Wildman–Crippen MR) is 41.0 cm³/mol. The van der Waals surface area contributed by atoms with Crippen molar-refractivity contribution < 1.29 is 108 Å². The molecule has 0 radical (unpaired) electrons. The van der Waals surface area contributed by atoms with Crippen molar-refractivity contribution >= 4 is 64.3 Å². The van der Waals surface area contributed by atoms with E-state index in [4.69, 9.17) is 64.3 Å². The van der Waals surface area contributed by atoms with Gasteiger partial charge in [-0.3, -0.25) is 0 Å². The van der Waals surface area contributed by atoms with Crippen molar-refractivity contribution in [2.24, 2.45) is 0 Å². The molecule has 10 heavy (non-hydrogen) atoms. The second-order valence-electron chi connectivity index (χ2n) is 1.34. The van der Waals surface area contributed by atoms with Gasteiger partial charge in [0.1, 0.15) is 0 Å². The van der Waals surface area contributed by atoms with Crippen LogP contribution >= 0.6 is 64.3 Å². The van der Waals surface area contributed by atoms with Gasteiger partial charge < -0.3 is 0 Å². The summed E-state index contributed by atoms with van der Waals surface area (Å²) in [6.07, 6.45) is 0. The third-order valence-corrected chi connectivity index (χ3v) is 0. The molecule has 0 N–H and O–H groups in total. The standard InChI is InChI=1S/7ClH.2K.Ta/h7*1H;;;/q;;;;;;;2*+1;+5/p-7. The molecule has 0 fully saturated rings. The fourth-order valence-electron chi connectivity index (χ4n) is 0. The van der Waals surface area contributed by atoms with Crippen LogP contribution in [0.5, 0.6) is 0 Å². The van der Waals surface area contributed by atoms with Crippen LogP contribution in [0, 0.1) is 0 Å². The fourth-order valence-corrected chi connectivity index (χ4v) is 0. The minimum absolute atomic E-state index is 0. The SMILES string of the molecule is [Cl][Ta-2]([Cl])([Cl])([Cl])([Cl])([Cl])[Cl].[K+].[K+]. The summed E-state index contributed by atoms with van der Waals surface area (Å²) in [4.78, 5) is 0. The minimum Gasteiger partial charge on any atom is 1.00 e. The van der Waals surface area contributed by atoms with Crippen LogP contribution in [0.4, 0.5) is 0 Å². The Hall–Kier alpha value is 6.04. The van der Waals surface area contributed by atoms with Gasteiger partial charge in [-0.25, -0.2) is 0 Å². The van der Waals surface area contributed by atoms with Crippen LogP contribution < -0.4 is 103 Å². The van der Waals surface area contributed by atoms with E-state index in [-0.39, 0.29) is 103 Å². The van der Waals surface area contributed by atoms with Crippen LogP contribution in [0.1, 0.15) is 0 Å². The largest absolute Gasteiger partial charge is 1.00 e. The Labute approximate surface area is 167 Å². The monoisotopic (exact) mass is 504 g/mol. The molecule has 10 heteroatoms. The summed E-state index contributed by atoms with van der Waals surface area (Å²) < 4.78 is 0. The third-order valence-electron chi connectivity index (χ3n) is 0. The molecule has 0 aliphatic rings. The van der Waals surface area contributed by atoms with Crippen LogP contribution in [-0.2, 0) is 5.62 Å². The molecule has 0 unspecified atom stereocenters. The van der Waals surface area contributed by atoms with Crippen molar-refractivity contribution in [2.75, 3.05) is 0 Å². The number of halogens is 7. The van der Waals surface area contributed by atoms with Gasteiger partial charge in [-0.15, -0.1) is 0 Å². The summed E-state index contributed by atoms with van der Waals surface area (Å²) in [5.74, 6) is 0. The van der Waals surface area contributed by atoms with Crippen molar-refractivity contribution in [3.63, 3.8) is 0 Å². The van der Waals surface area contributed by atoms with E-state index in [2.05, 4.69) is 0 Å². The first-order valence-corrected chi connectivity index (χ1v) is 29.1. The summed E-state index contributed by atoms with van der Waals surface area (Å²) in [6.45, 7) is 0. The van der Waals surface area contributed by atoms with Crippen LogP contribution in [0.2, 0.25) is 0 Å². The zero-order chi connectivity index (χ0) is 7.38. The second kappa shape index (κ2) is 4.06. The summed E-state index contributed by atoms with van der Waals surface area (Å²) in [6, 6.07) is 0. The Bertz CT molecular complexity index is 104. The van der Waals surface area contributed by atoms with Crippen molar-refractivity contribution in [3.05, 3.63) is 0 Å². The van der Waals surface area contributed by atoms with E-state index >= 15 is 0 Å². The molecule has 0 aromatic carbocycles. The third kappa shape index (κ3) is 65.4. The maximum atomic E-state index is 5.08. The van der Waals surface area contributed by atoms with E-state index in [1.165, 1.54) is 0 Å². The van der Waals surface area contributed by atoms with E-state index in [0.29, 0.717) is 0 Å². The summed E-state index contributed by atoms with van der Waals surface area (Å²) in [5.41, 5.74) is -6.58. The molecule has 0 spiro atoms. The molecule has 0 amide bonds. The van der Waals surface area contributed by atoms with Gasteiger partial charge in [0.25, 0.3) is 0 Å². The average molecular weight is 507 g/mol. The molecule has 0 heterocycles. The number of hydrogen-bond donors (Lipinski definition) is 0. The van der Waals surface area contributed by atoms with E-state index in [0.717, 1.165) is 0 Å². The Morgan fingerprint density at radius 3 is 0.500 bits per heavy atom. The summed E-state index contributed by atoms with van der Waals surface area (Å²) >= 11 is 0. The van der Waals surface area contributed by atoms with Gasteiger partial charge in [-0.1, -0.05) is 0 Å². The quantitative estimate of drug-likeness (QED) is 0.363. The van der Waals surface area contributed by atoms with Gasteiger partial charge in [0.05, 0.1) is 0 Å². The molecule has 0 atom stereocenters. The Kier molecular flexibility index (Phi) is 8.66. The molecule has 0 saturated carbocycles. The van der Waals surface area contributed by atoms with Gasteiger partial charge in [-0.05, 0) is 0 Å². The molecule has 0 bridgehead atoms. The molecule has 0 aliphatic heterocycles. The van der Waals surface area contributed by atoms with Crippen LogP contribution in [0.3, 0.4) is 0 Å². The topological polar surface area (TPSA) is 0 Å². The van der Waals surface area contributed by atoms with Gasteiger partial charge in [0.2, 0.25) is 0 Å². The molecule has 0 nitrogen and oxygen atoms in total. The maximum absolute atomic E-state index is 6.58. The Balaban J connectivity index is -0.000000245. The Morgan fingerprint density at radius 1 is 0.500 bits per heavy atom. The molecular formula is Cl7K2Ta. The maximum Gasteiger partial charge on any atom is 1.00 e. The van der Waals surface area contributed by atoms with E-state index in [1.54, 1.807) is 0 Å². The van der Waals surface area contributed by atoms with E-state index < -0.39 is 5.62 Å². The van der Waals surface area contributed by atoms with E-state index in [9.17, 15) is 0 Å². The molecule has 0 aromatic rings. The smallest absolute Gasteiger partial charge is 1.00 e. The first-order valence-electron chi connectivity index (χ1n) is 1.18. The van der Waals surface area contributed by atoms with Crippen molar-refractivity contribution in [1.29, 1.82) is 0 Å². The Morgan fingerprint density at radius 2 is 0.500 bits per heavy atom. The first-order chi connectivity index (χ1) is 2.65. The van der Waals surface area contributed by atoms with Gasteiger partial charge in [-0.2, -0.15) is 0 Å². The van der Waals surface area contributed by atoms with Crippen LogP contribution in [-0.4, -0.2) is 0 Å². The second-order valence-corrected chi connectivity index (χ2v) is 98.8. The van der Waals surface area contributed by atoms with Crippen LogP contribution in [0.15, 0.2) is 0 Å². The predicted octanol–water partition coefficient (Wildman–Crippen LogP) is -1.17. The zero-order valence-corrected chi connectivity index (χ0v) is 19.8. The average Bonchev–Trinajstić information content (AvgIpc) is 0.544. The molecule has 56 valence electrons. The van der Waals surface area contributed by atoms with Crippen molar-refractivity contribution in [2.45, 2.75) is 0 Å². The van der Waals surface area contributed by atoms with Gasteiger partial charge >= 0.3 is 173 Å². The van der Waals surface area contributed by atoms with Gasteiger partial charge in [0.15, 0.2) is 0 Å². The molecule has 0 rings (SSSR count).